The number of imidazole rings is 1. The maximum Gasteiger partial charge on any atom is 0.280 e. The van der Waals surface area contributed by atoms with Crippen LogP contribution in [-0.4, -0.2) is 45.6 Å². The van der Waals surface area contributed by atoms with E-state index in [-0.39, 0.29) is 5.91 Å². The van der Waals surface area contributed by atoms with Crippen molar-refractivity contribution in [2.24, 2.45) is 7.05 Å². The van der Waals surface area contributed by atoms with Crippen LogP contribution >= 0.6 is 0 Å². The second-order valence-electron chi connectivity index (χ2n) is 5.16. The lowest BCUT2D eigenvalue weighted by atomic mass is 10.4. The fourth-order valence-corrected chi connectivity index (χ4v) is 2.50. The monoisotopic (exact) mass is 286 g/mol. The Kier molecular flexibility index (Phi) is 3.55. The topological polar surface area (TPSA) is 67.2 Å². The molecule has 21 heavy (non-hydrogen) atoms. The zero-order chi connectivity index (χ0) is 14.8. The molecular formula is C14H18N6O. The van der Waals surface area contributed by atoms with E-state index in [1.54, 1.807) is 30.2 Å². The van der Waals surface area contributed by atoms with Gasteiger partial charge in [-0.2, -0.15) is 0 Å². The van der Waals surface area contributed by atoms with E-state index in [4.69, 9.17) is 0 Å². The lowest BCUT2D eigenvalue weighted by Crippen LogP contribution is -2.30. The molecule has 1 saturated heterocycles. The third-order valence-corrected chi connectivity index (χ3v) is 3.67. The zero-order valence-corrected chi connectivity index (χ0v) is 12.2. The lowest BCUT2D eigenvalue weighted by Gasteiger charge is -2.18. The number of aromatic nitrogens is 4. The smallest absolute Gasteiger partial charge is 0.280 e. The molecule has 7 nitrogen and oxygen atoms in total. The van der Waals surface area contributed by atoms with Gasteiger partial charge in [0.1, 0.15) is 11.5 Å². The van der Waals surface area contributed by atoms with Gasteiger partial charge in [0.2, 0.25) is 5.95 Å². The predicted molar refractivity (Wildman–Crippen MR) is 79.4 cm³/mol. The van der Waals surface area contributed by atoms with E-state index in [0.29, 0.717) is 11.6 Å². The maximum absolute atomic E-state index is 12.5. The molecule has 0 spiro atoms. The predicted octanol–water partition coefficient (Wildman–Crippen LogP) is 1.09. The minimum absolute atomic E-state index is 0.210. The molecule has 2 aromatic heterocycles. The van der Waals surface area contributed by atoms with Gasteiger partial charge in [0.05, 0.1) is 12.4 Å². The van der Waals surface area contributed by atoms with Crippen molar-refractivity contribution in [2.45, 2.75) is 12.8 Å². The van der Waals surface area contributed by atoms with Crippen molar-refractivity contribution in [3.63, 3.8) is 0 Å². The van der Waals surface area contributed by atoms with Crippen molar-refractivity contribution in [3.8, 4) is 0 Å². The minimum Gasteiger partial charge on any atom is -0.355 e. The molecule has 0 N–H and O–H groups in total. The molecule has 1 aliphatic rings. The first-order valence-corrected chi connectivity index (χ1v) is 6.99. The van der Waals surface area contributed by atoms with Gasteiger partial charge < -0.3 is 9.47 Å². The van der Waals surface area contributed by atoms with Crippen LogP contribution in [0.15, 0.2) is 24.8 Å². The summed E-state index contributed by atoms with van der Waals surface area (Å²) in [5, 5.41) is 0. The van der Waals surface area contributed by atoms with Crippen molar-refractivity contribution >= 4 is 17.7 Å². The molecule has 1 amide bonds. The number of hydrogen-bond donors (Lipinski definition) is 0. The number of aryl methyl sites for hydroxylation is 1. The number of rotatable bonds is 3. The molecule has 110 valence electrons. The van der Waals surface area contributed by atoms with Crippen LogP contribution in [0.4, 0.5) is 11.8 Å². The number of carbonyl (C=O) groups is 1. The van der Waals surface area contributed by atoms with Gasteiger partial charge in [-0.15, -0.1) is 0 Å². The maximum atomic E-state index is 12.5. The zero-order valence-electron chi connectivity index (χ0n) is 12.2. The third-order valence-electron chi connectivity index (χ3n) is 3.67. The quantitative estimate of drug-likeness (QED) is 0.845. The lowest BCUT2D eigenvalue weighted by molar-refractivity contribution is 0.0986. The molecule has 3 heterocycles. The summed E-state index contributed by atoms with van der Waals surface area (Å²) in [5.74, 6) is 1.14. The van der Waals surface area contributed by atoms with Crippen molar-refractivity contribution in [1.29, 1.82) is 0 Å². The first-order valence-electron chi connectivity index (χ1n) is 6.99. The highest BCUT2D eigenvalue weighted by molar-refractivity contribution is 6.03. The van der Waals surface area contributed by atoms with Crippen molar-refractivity contribution in [3.05, 3.63) is 30.5 Å². The Morgan fingerprint density at radius 3 is 2.71 bits per heavy atom. The fraction of sp³-hybridized carbons (Fsp3) is 0.429. The van der Waals surface area contributed by atoms with Gasteiger partial charge in [-0.25, -0.2) is 9.97 Å². The normalized spacial score (nSPS) is 14.5. The summed E-state index contributed by atoms with van der Waals surface area (Å²) in [4.78, 5) is 28.9. The standard InChI is InChI=1S/C14H18N6O/c1-18-8-5-16-14(18)19(2)13(21)11-9-15-10-12(17-11)20-6-3-4-7-20/h5,8-10H,3-4,6-7H2,1-2H3. The van der Waals surface area contributed by atoms with E-state index in [1.807, 2.05) is 7.05 Å². The van der Waals surface area contributed by atoms with Crippen LogP contribution in [0.1, 0.15) is 23.3 Å². The summed E-state index contributed by atoms with van der Waals surface area (Å²) in [6, 6.07) is 0. The summed E-state index contributed by atoms with van der Waals surface area (Å²) in [7, 11) is 3.54. The highest BCUT2D eigenvalue weighted by Crippen LogP contribution is 2.18. The molecule has 2 aromatic rings. The second kappa shape index (κ2) is 5.51. The Hall–Kier alpha value is -2.44. The van der Waals surface area contributed by atoms with Gasteiger partial charge in [0, 0.05) is 39.6 Å². The number of anilines is 2. The fourth-order valence-electron chi connectivity index (χ4n) is 2.50. The van der Waals surface area contributed by atoms with Gasteiger partial charge in [-0.3, -0.25) is 14.7 Å². The van der Waals surface area contributed by atoms with Gasteiger partial charge in [0.25, 0.3) is 5.91 Å². The Bertz CT molecular complexity index is 646. The van der Waals surface area contributed by atoms with Crippen molar-refractivity contribution in [2.75, 3.05) is 29.9 Å². The average molecular weight is 286 g/mol. The third kappa shape index (κ3) is 2.58. The highest BCUT2D eigenvalue weighted by atomic mass is 16.2. The van der Waals surface area contributed by atoms with Gasteiger partial charge in [0.15, 0.2) is 0 Å². The Morgan fingerprint density at radius 1 is 1.29 bits per heavy atom. The summed E-state index contributed by atoms with van der Waals surface area (Å²) >= 11 is 0. The van der Waals surface area contributed by atoms with Crippen LogP contribution in [-0.2, 0) is 7.05 Å². The van der Waals surface area contributed by atoms with Crippen LogP contribution in [0, 0.1) is 0 Å². The first-order chi connectivity index (χ1) is 10.2. The molecule has 0 aliphatic carbocycles. The number of nitrogens with zero attached hydrogens (tertiary/aromatic N) is 6. The summed E-state index contributed by atoms with van der Waals surface area (Å²) < 4.78 is 1.79. The molecule has 0 unspecified atom stereocenters. The number of amides is 1. The number of carbonyl (C=O) groups excluding carboxylic acids is 1. The molecule has 3 rings (SSSR count). The molecule has 1 fully saturated rings. The second-order valence-corrected chi connectivity index (χ2v) is 5.16. The van der Waals surface area contributed by atoms with E-state index in [2.05, 4.69) is 19.9 Å². The number of hydrogen-bond acceptors (Lipinski definition) is 5. The molecule has 0 saturated carbocycles. The van der Waals surface area contributed by atoms with E-state index in [1.165, 1.54) is 11.1 Å². The Balaban J connectivity index is 1.84. The van der Waals surface area contributed by atoms with Crippen LogP contribution in [0.2, 0.25) is 0 Å². The summed E-state index contributed by atoms with van der Waals surface area (Å²) in [6.07, 6.45) is 8.99. The first kappa shape index (κ1) is 13.5. The summed E-state index contributed by atoms with van der Waals surface area (Å²) in [6.45, 7) is 1.95. The van der Waals surface area contributed by atoms with E-state index in [0.717, 1.165) is 31.7 Å². The van der Waals surface area contributed by atoms with Gasteiger partial charge in [-0.05, 0) is 12.8 Å². The van der Waals surface area contributed by atoms with Crippen LogP contribution < -0.4 is 9.80 Å². The van der Waals surface area contributed by atoms with E-state index >= 15 is 0 Å². The Morgan fingerprint density at radius 2 is 2.05 bits per heavy atom. The van der Waals surface area contributed by atoms with Crippen molar-refractivity contribution in [1.82, 2.24) is 19.5 Å². The molecule has 1 aliphatic heterocycles. The summed E-state index contributed by atoms with van der Waals surface area (Å²) in [5.41, 5.74) is 0.338. The molecule has 0 aromatic carbocycles. The molecule has 7 heteroatoms. The van der Waals surface area contributed by atoms with Gasteiger partial charge in [-0.1, -0.05) is 0 Å². The largest absolute Gasteiger partial charge is 0.355 e. The Labute approximate surface area is 123 Å². The molecule has 0 bridgehead atoms. The van der Waals surface area contributed by atoms with Crippen LogP contribution in [0.5, 0.6) is 0 Å². The molecular weight excluding hydrogens is 268 g/mol. The average Bonchev–Trinajstić information content (AvgIpc) is 3.17. The molecule has 0 radical (unpaired) electrons. The molecule has 0 atom stereocenters. The van der Waals surface area contributed by atoms with Crippen LogP contribution in [0.25, 0.3) is 0 Å². The van der Waals surface area contributed by atoms with Crippen LogP contribution in [0.3, 0.4) is 0 Å². The SMILES string of the molecule is CN(C(=O)c1cncc(N2CCCC2)n1)c1nccn1C. The minimum atomic E-state index is -0.210. The van der Waals surface area contributed by atoms with E-state index in [9.17, 15) is 4.79 Å². The highest BCUT2D eigenvalue weighted by Gasteiger charge is 2.20. The van der Waals surface area contributed by atoms with Crippen molar-refractivity contribution < 1.29 is 4.79 Å². The van der Waals surface area contributed by atoms with Gasteiger partial charge >= 0.3 is 0 Å². The van der Waals surface area contributed by atoms with E-state index < -0.39 is 0 Å².